The van der Waals surface area contributed by atoms with E-state index in [0.717, 1.165) is 36.8 Å². The summed E-state index contributed by atoms with van der Waals surface area (Å²) in [6.07, 6.45) is 5.01. The molecule has 1 aliphatic heterocycles. The number of amides is 1. The van der Waals surface area contributed by atoms with E-state index in [9.17, 15) is 9.59 Å². The third-order valence-corrected chi connectivity index (χ3v) is 6.18. The van der Waals surface area contributed by atoms with Crippen molar-refractivity contribution in [2.75, 3.05) is 13.1 Å². The van der Waals surface area contributed by atoms with E-state index in [1.165, 1.54) is 16.5 Å². The number of nitrogens with zero attached hydrogens (tertiary/aromatic N) is 3. The van der Waals surface area contributed by atoms with Crippen LogP contribution >= 0.6 is 15.9 Å². The van der Waals surface area contributed by atoms with Gasteiger partial charge in [-0.2, -0.15) is 0 Å². The highest BCUT2D eigenvalue weighted by Gasteiger charge is 2.22. The molecule has 0 spiro atoms. The van der Waals surface area contributed by atoms with Crippen LogP contribution in [-0.2, 0) is 17.8 Å². The van der Waals surface area contributed by atoms with Crippen LogP contribution in [-0.4, -0.2) is 33.4 Å². The number of carbonyl (C=O) groups is 1. The second kappa shape index (κ2) is 8.91. The first kappa shape index (κ1) is 19.8. The molecule has 3 aromatic rings. The summed E-state index contributed by atoms with van der Waals surface area (Å²) in [5.74, 6) is 0.747. The van der Waals surface area contributed by atoms with Gasteiger partial charge in [-0.1, -0.05) is 46.3 Å². The molecule has 5 nitrogen and oxygen atoms in total. The fourth-order valence-electron chi connectivity index (χ4n) is 4.00. The summed E-state index contributed by atoms with van der Waals surface area (Å²) in [5, 5.41) is 0.566. The van der Waals surface area contributed by atoms with Gasteiger partial charge in [0.2, 0.25) is 5.91 Å². The zero-order valence-electron chi connectivity index (χ0n) is 16.3. The molecule has 0 atom stereocenters. The van der Waals surface area contributed by atoms with Crippen LogP contribution < -0.4 is 5.56 Å². The molecule has 0 radical (unpaired) electrons. The fraction of sp³-hybridized carbons (Fsp3) is 0.348. The lowest BCUT2D eigenvalue weighted by molar-refractivity contribution is -0.132. The van der Waals surface area contributed by atoms with E-state index in [1.54, 1.807) is 6.07 Å². The molecule has 0 bridgehead atoms. The van der Waals surface area contributed by atoms with E-state index in [1.807, 2.05) is 23.1 Å². The molecule has 1 aromatic heterocycles. The molecule has 0 N–H and O–H groups in total. The summed E-state index contributed by atoms with van der Waals surface area (Å²) < 4.78 is 2.38. The molecular weight excluding hydrogens is 430 g/mol. The lowest BCUT2D eigenvalue weighted by Crippen LogP contribution is -2.39. The maximum atomic E-state index is 12.7. The van der Waals surface area contributed by atoms with Gasteiger partial charge in [-0.05, 0) is 48.9 Å². The molecule has 2 heterocycles. The molecule has 1 fully saturated rings. The Labute approximate surface area is 178 Å². The van der Waals surface area contributed by atoms with Crippen LogP contribution in [0.3, 0.4) is 0 Å². The Morgan fingerprint density at radius 1 is 1.10 bits per heavy atom. The lowest BCUT2D eigenvalue weighted by Gasteiger charge is -2.32. The normalized spacial score (nSPS) is 15.0. The number of carbonyl (C=O) groups excluding carboxylic acids is 1. The van der Waals surface area contributed by atoms with Crippen molar-refractivity contribution in [1.29, 1.82) is 0 Å². The Morgan fingerprint density at radius 2 is 1.86 bits per heavy atom. The van der Waals surface area contributed by atoms with Crippen molar-refractivity contribution < 1.29 is 4.79 Å². The Balaban J connectivity index is 1.32. The third-order valence-electron chi connectivity index (χ3n) is 5.69. The van der Waals surface area contributed by atoms with Gasteiger partial charge in [0, 0.05) is 30.5 Å². The van der Waals surface area contributed by atoms with E-state index in [0.29, 0.717) is 29.8 Å². The van der Waals surface area contributed by atoms with Gasteiger partial charge in [-0.25, -0.2) is 4.98 Å². The predicted molar refractivity (Wildman–Crippen MR) is 118 cm³/mol. The SMILES string of the molecule is O=C(CCn1cnc2ccc(Br)cc2c1=O)N1CCC(Cc2ccccc2)CC1. The third kappa shape index (κ3) is 4.75. The zero-order chi connectivity index (χ0) is 20.2. The number of rotatable bonds is 5. The molecule has 150 valence electrons. The Hall–Kier alpha value is -2.47. The molecule has 6 heteroatoms. The molecule has 4 rings (SSSR count). The first-order chi connectivity index (χ1) is 14.1. The maximum absolute atomic E-state index is 12.7. The molecule has 1 aliphatic rings. The molecule has 1 amide bonds. The van der Waals surface area contributed by atoms with Crippen molar-refractivity contribution in [2.24, 2.45) is 5.92 Å². The van der Waals surface area contributed by atoms with Crippen molar-refractivity contribution in [3.8, 4) is 0 Å². The van der Waals surface area contributed by atoms with Crippen LogP contribution in [0.4, 0.5) is 0 Å². The van der Waals surface area contributed by atoms with Crippen molar-refractivity contribution in [1.82, 2.24) is 14.5 Å². The monoisotopic (exact) mass is 453 g/mol. The highest BCUT2D eigenvalue weighted by molar-refractivity contribution is 9.10. The predicted octanol–water partition coefficient (Wildman–Crippen LogP) is 4.03. The van der Waals surface area contributed by atoms with Crippen LogP contribution in [0, 0.1) is 5.92 Å². The first-order valence-electron chi connectivity index (χ1n) is 10.1. The summed E-state index contributed by atoms with van der Waals surface area (Å²) in [4.78, 5) is 31.6. The topological polar surface area (TPSA) is 55.2 Å². The highest BCUT2D eigenvalue weighted by Crippen LogP contribution is 2.22. The Bertz CT molecular complexity index is 1060. The standard InChI is InChI=1S/C23H24BrN3O2/c24-19-6-7-21-20(15-19)23(29)27(16-25-21)13-10-22(28)26-11-8-18(9-12-26)14-17-4-2-1-3-5-17/h1-7,15-16,18H,8-14H2. The van der Waals surface area contributed by atoms with Crippen molar-refractivity contribution in [3.63, 3.8) is 0 Å². The molecule has 0 saturated carbocycles. The van der Waals surface area contributed by atoms with Gasteiger partial charge in [0.25, 0.3) is 5.56 Å². The van der Waals surface area contributed by atoms with E-state index in [-0.39, 0.29) is 11.5 Å². The number of hydrogen-bond acceptors (Lipinski definition) is 3. The molecule has 0 unspecified atom stereocenters. The molecular formula is C23H24BrN3O2. The summed E-state index contributed by atoms with van der Waals surface area (Å²) in [7, 11) is 0. The average Bonchev–Trinajstić information content (AvgIpc) is 2.75. The van der Waals surface area contributed by atoms with Gasteiger partial charge in [0.05, 0.1) is 17.2 Å². The summed E-state index contributed by atoms with van der Waals surface area (Å²) in [6, 6.07) is 16.0. The van der Waals surface area contributed by atoms with Crippen LogP contribution in [0.5, 0.6) is 0 Å². The molecule has 29 heavy (non-hydrogen) atoms. The van der Waals surface area contributed by atoms with Crippen molar-refractivity contribution >= 4 is 32.7 Å². The number of aromatic nitrogens is 2. The molecule has 1 saturated heterocycles. The number of aryl methyl sites for hydroxylation is 1. The second-order valence-corrected chi connectivity index (χ2v) is 8.58. The smallest absolute Gasteiger partial charge is 0.261 e. The second-order valence-electron chi connectivity index (χ2n) is 7.67. The van der Waals surface area contributed by atoms with Crippen LogP contribution in [0.25, 0.3) is 10.9 Å². The largest absolute Gasteiger partial charge is 0.343 e. The van der Waals surface area contributed by atoms with Crippen LogP contribution in [0.1, 0.15) is 24.8 Å². The number of fused-ring (bicyclic) bond motifs is 1. The zero-order valence-corrected chi connectivity index (χ0v) is 17.8. The minimum Gasteiger partial charge on any atom is -0.343 e. The lowest BCUT2D eigenvalue weighted by atomic mass is 9.90. The van der Waals surface area contributed by atoms with E-state index in [4.69, 9.17) is 0 Å². The summed E-state index contributed by atoms with van der Waals surface area (Å²) in [6.45, 7) is 1.96. The summed E-state index contributed by atoms with van der Waals surface area (Å²) in [5.41, 5.74) is 1.93. The minimum atomic E-state index is -0.106. The van der Waals surface area contributed by atoms with Crippen molar-refractivity contribution in [2.45, 2.75) is 32.2 Å². The van der Waals surface area contributed by atoms with Gasteiger partial charge in [0.1, 0.15) is 0 Å². The maximum Gasteiger partial charge on any atom is 0.261 e. The quantitative estimate of drug-likeness (QED) is 0.585. The van der Waals surface area contributed by atoms with Crippen LogP contribution in [0.15, 0.2) is 64.1 Å². The Kier molecular flexibility index (Phi) is 6.09. The number of benzene rings is 2. The van der Waals surface area contributed by atoms with Gasteiger partial charge < -0.3 is 4.90 Å². The summed E-state index contributed by atoms with van der Waals surface area (Å²) >= 11 is 3.39. The fourth-order valence-corrected chi connectivity index (χ4v) is 4.36. The van der Waals surface area contributed by atoms with Gasteiger partial charge >= 0.3 is 0 Å². The number of halogens is 1. The number of hydrogen-bond donors (Lipinski definition) is 0. The van der Waals surface area contributed by atoms with E-state index < -0.39 is 0 Å². The molecule has 0 aliphatic carbocycles. The first-order valence-corrected chi connectivity index (χ1v) is 10.9. The van der Waals surface area contributed by atoms with Gasteiger partial charge in [0.15, 0.2) is 0 Å². The van der Waals surface area contributed by atoms with Crippen molar-refractivity contribution in [3.05, 3.63) is 75.2 Å². The minimum absolute atomic E-state index is 0.106. The number of likely N-dealkylation sites (tertiary alicyclic amines) is 1. The molecule has 2 aromatic carbocycles. The average molecular weight is 454 g/mol. The highest BCUT2D eigenvalue weighted by atomic mass is 79.9. The van der Waals surface area contributed by atoms with Gasteiger partial charge in [-0.15, -0.1) is 0 Å². The van der Waals surface area contributed by atoms with Crippen LogP contribution in [0.2, 0.25) is 0 Å². The van der Waals surface area contributed by atoms with E-state index in [2.05, 4.69) is 45.2 Å². The Morgan fingerprint density at radius 3 is 2.62 bits per heavy atom. The number of piperidine rings is 1. The van der Waals surface area contributed by atoms with E-state index >= 15 is 0 Å². The van der Waals surface area contributed by atoms with Gasteiger partial charge in [-0.3, -0.25) is 14.2 Å².